The number of ether oxygens (including phenoxy) is 1. The van der Waals surface area contributed by atoms with E-state index in [0.29, 0.717) is 6.61 Å². The second-order valence-electron chi connectivity index (χ2n) is 3.27. The van der Waals surface area contributed by atoms with Gasteiger partial charge in [0.15, 0.2) is 0 Å². The summed E-state index contributed by atoms with van der Waals surface area (Å²) in [6.45, 7) is 2.16. The van der Waals surface area contributed by atoms with Crippen molar-refractivity contribution < 1.29 is 13.9 Å². The molecular weight excluding hydrogens is 204 g/mol. The summed E-state index contributed by atoms with van der Waals surface area (Å²) in [6, 6.07) is 7.67. The standard InChI is InChI=1S/C13H12O3/c1-2-15-13(14)8-7-10-9-16-12-6-4-3-5-11(10)12/h3-9H,2H2,1H3/b8-7+. The quantitative estimate of drug-likeness (QED) is 0.584. The van der Waals surface area contributed by atoms with Crippen LogP contribution in [-0.2, 0) is 9.53 Å². The van der Waals surface area contributed by atoms with Crippen molar-refractivity contribution in [2.24, 2.45) is 0 Å². The van der Waals surface area contributed by atoms with Crippen LogP contribution >= 0.6 is 0 Å². The molecule has 2 rings (SSSR count). The monoisotopic (exact) mass is 216 g/mol. The number of esters is 1. The highest BCUT2D eigenvalue weighted by Gasteiger charge is 2.02. The molecule has 0 amide bonds. The summed E-state index contributed by atoms with van der Waals surface area (Å²) in [5.74, 6) is -0.340. The molecule has 0 aliphatic heterocycles. The van der Waals surface area contributed by atoms with Gasteiger partial charge in [-0.25, -0.2) is 4.79 Å². The molecule has 0 radical (unpaired) electrons. The van der Waals surface area contributed by atoms with Crippen molar-refractivity contribution in [1.82, 2.24) is 0 Å². The van der Waals surface area contributed by atoms with Crippen LogP contribution in [0.25, 0.3) is 17.0 Å². The van der Waals surface area contributed by atoms with Crippen molar-refractivity contribution in [3.05, 3.63) is 42.2 Å². The van der Waals surface area contributed by atoms with Crippen molar-refractivity contribution >= 4 is 23.0 Å². The molecule has 0 N–H and O–H groups in total. The van der Waals surface area contributed by atoms with Crippen molar-refractivity contribution in [3.8, 4) is 0 Å². The molecule has 0 unspecified atom stereocenters. The summed E-state index contributed by atoms with van der Waals surface area (Å²) < 4.78 is 10.1. The van der Waals surface area contributed by atoms with Gasteiger partial charge in [-0.15, -0.1) is 0 Å². The Morgan fingerprint density at radius 2 is 2.25 bits per heavy atom. The minimum Gasteiger partial charge on any atom is -0.464 e. The molecule has 0 saturated carbocycles. The number of hydrogen-bond donors (Lipinski definition) is 0. The zero-order chi connectivity index (χ0) is 11.4. The lowest BCUT2D eigenvalue weighted by molar-refractivity contribution is -0.137. The van der Waals surface area contributed by atoms with Crippen LogP contribution in [0.2, 0.25) is 0 Å². The Kier molecular flexibility index (Phi) is 3.05. The van der Waals surface area contributed by atoms with Gasteiger partial charge < -0.3 is 9.15 Å². The third-order valence-corrected chi connectivity index (χ3v) is 2.20. The first-order chi connectivity index (χ1) is 7.81. The average Bonchev–Trinajstić information content (AvgIpc) is 2.70. The maximum absolute atomic E-state index is 11.1. The molecule has 3 heteroatoms. The summed E-state index contributed by atoms with van der Waals surface area (Å²) in [4.78, 5) is 11.1. The van der Waals surface area contributed by atoms with Crippen LogP contribution in [0.3, 0.4) is 0 Å². The Hall–Kier alpha value is -2.03. The molecule has 0 saturated heterocycles. The smallest absolute Gasteiger partial charge is 0.330 e. The molecule has 1 heterocycles. The van der Waals surface area contributed by atoms with Gasteiger partial charge in [-0.05, 0) is 19.1 Å². The lowest BCUT2D eigenvalue weighted by atomic mass is 10.1. The molecule has 0 aliphatic carbocycles. The van der Waals surface area contributed by atoms with Gasteiger partial charge in [0, 0.05) is 17.0 Å². The summed E-state index contributed by atoms with van der Waals surface area (Å²) in [5.41, 5.74) is 1.69. The van der Waals surface area contributed by atoms with E-state index in [4.69, 9.17) is 9.15 Å². The molecule has 2 aromatic rings. The summed E-state index contributed by atoms with van der Waals surface area (Å²) in [7, 11) is 0. The Morgan fingerprint density at radius 3 is 3.06 bits per heavy atom. The van der Waals surface area contributed by atoms with Crippen molar-refractivity contribution in [2.75, 3.05) is 6.61 Å². The van der Waals surface area contributed by atoms with E-state index in [1.165, 1.54) is 6.08 Å². The van der Waals surface area contributed by atoms with E-state index in [-0.39, 0.29) is 5.97 Å². The lowest BCUT2D eigenvalue weighted by Gasteiger charge is -1.93. The highest BCUT2D eigenvalue weighted by Crippen LogP contribution is 2.21. The fraction of sp³-hybridized carbons (Fsp3) is 0.154. The fourth-order valence-electron chi connectivity index (χ4n) is 1.48. The highest BCUT2D eigenvalue weighted by molar-refractivity contribution is 5.92. The molecule has 1 aromatic heterocycles. The third-order valence-electron chi connectivity index (χ3n) is 2.20. The first-order valence-corrected chi connectivity index (χ1v) is 5.12. The zero-order valence-electron chi connectivity index (χ0n) is 8.97. The second kappa shape index (κ2) is 4.66. The van der Waals surface area contributed by atoms with Gasteiger partial charge in [-0.3, -0.25) is 0 Å². The SMILES string of the molecule is CCOC(=O)/C=C/c1coc2ccccc12. The fourth-order valence-corrected chi connectivity index (χ4v) is 1.48. The van der Waals surface area contributed by atoms with E-state index >= 15 is 0 Å². The molecule has 0 spiro atoms. The van der Waals surface area contributed by atoms with E-state index in [9.17, 15) is 4.79 Å². The first-order valence-electron chi connectivity index (χ1n) is 5.12. The Morgan fingerprint density at radius 1 is 1.44 bits per heavy atom. The minimum atomic E-state index is -0.340. The molecule has 82 valence electrons. The van der Waals surface area contributed by atoms with Crippen LogP contribution in [0.1, 0.15) is 12.5 Å². The van der Waals surface area contributed by atoms with E-state index in [1.807, 2.05) is 24.3 Å². The molecular formula is C13H12O3. The Labute approximate surface area is 93.3 Å². The zero-order valence-corrected chi connectivity index (χ0v) is 8.97. The predicted molar refractivity (Wildman–Crippen MR) is 61.9 cm³/mol. The number of fused-ring (bicyclic) bond motifs is 1. The molecule has 0 bridgehead atoms. The van der Waals surface area contributed by atoms with Crippen LogP contribution < -0.4 is 0 Å². The summed E-state index contributed by atoms with van der Waals surface area (Å²) in [6.07, 6.45) is 4.73. The van der Waals surface area contributed by atoms with Crippen LogP contribution in [0, 0.1) is 0 Å². The molecule has 0 atom stereocenters. The molecule has 0 aliphatic rings. The third kappa shape index (κ3) is 2.14. The average molecular weight is 216 g/mol. The second-order valence-corrected chi connectivity index (χ2v) is 3.27. The number of hydrogen-bond acceptors (Lipinski definition) is 3. The van der Waals surface area contributed by atoms with Gasteiger partial charge in [0.25, 0.3) is 0 Å². The van der Waals surface area contributed by atoms with E-state index in [1.54, 1.807) is 19.3 Å². The normalized spacial score (nSPS) is 11.1. The first kappa shape index (κ1) is 10.5. The Balaban J connectivity index is 2.24. The Bertz CT molecular complexity index is 523. The van der Waals surface area contributed by atoms with Gasteiger partial charge >= 0.3 is 5.97 Å². The van der Waals surface area contributed by atoms with Gasteiger partial charge in [-0.1, -0.05) is 18.2 Å². The van der Waals surface area contributed by atoms with Crippen LogP contribution in [0.5, 0.6) is 0 Å². The number of carbonyl (C=O) groups is 1. The van der Waals surface area contributed by atoms with Gasteiger partial charge in [0.2, 0.25) is 0 Å². The van der Waals surface area contributed by atoms with Crippen LogP contribution in [-0.4, -0.2) is 12.6 Å². The van der Waals surface area contributed by atoms with Crippen molar-refractivity contribution in [1.29, 1.82) is 0 Å². The van der Waals surface area contributed by atoms with Gasteiger partial charge in [0.05, 0.1) is 12.9 Å². The number of carbonyl (C=O) groups excluding carboxylic acids is 1. The minimum absolute atomic E-state index is 0.340. The van der Waals surface area contributed by atoms with Crippen LogP contribution in [0.15, 0.2) is 41.0 Å². The summed E-state index contributed by atoms with van der Waals surface area (Å²) >= 11 is 0. The number of furan rings is 1. The van der Waals surface area contributed by atoms with E-state index in [2.05, 4.69) is 0 Å². The van der Waals surface area contributed by atoms with E-state index < -0.39 is 0 Å². The number of rotatable bonds is 3. The summed E-state index contributed by atoms with van der Waals surface area (Å²) in [5, 5.41) is 0.989. The van der Waals surface area contributed by atoms with Gasteiger partial charge in [0.1, 0.15) is 5.58 Å². The lowest BCUT2D eigenvalue weighted by Crippen LogP contribution is -1.98. The molecule has 3 nitrogen and oxygen atoms in total. The van der Waals surface area contributed by atoms with Gasteiger partial charge in [-0.2, -0.15) is 0 Å². The number of benzene rings is 1. The molecule has 16 heavy (non-hydrogen) atoms. The van der Waals surface area contributed by atoms with E-state index in [0.717, 1.165) is 16.5 Å². The van der Waals surface area contributed by atoms with Crippen molar-refractivity contribution in [2.45, 2.75) is 6.92 Å². The van der Waals surface area contributed by atoms with Crippen LogP contribution in [0.4, 0.5) is 0 Å². The number of para-hydroxylation sites is 1. The maximum atomic E-state index is 11.1. The maximum Gasteiger partial charge on any atom is 0.330 e. The molecule has 0 fully saturated rings. The highest BCUT2D eigenvalue weighted by atomic mass is 16.5. The van der Waals surface area contributed by atoms with Crippen molar-refractivity contribution in [3.63, 3.8) is 0 Å². The molecule has 1 aromatic carbocycles. The largest absolute Gasteiger partial charge is 0.464 e. The predicted octanol–water partition coefficient (Wildman–Crippen LogP) is 3.01. The topological polar surface area (TPSA) is 39.4 Å².